The van der Waals surface area contributed by atoms with Gasteiger partial charge in [-0.3, -0.25) is 9.59 Å². The summed E-state index contributed by atoms with van der Waals surface area (Å²) in [6.45, 7) is 2.73. The lowest BCUT2D eigenvalue weighted by atomic mass is 10.1. The number of rotatable bonds is 5. The third-order valence-corrected chi connectivity index (χ3v) is 4.63. The van der Waals surface area contributed by atoms with E-state index in [2.05, 4.69) is 5.32 Å². The quantitative estimate of drug-likeness (QED) is 0.740. The van der Waals surface area contributed by atoms with Gasteiger partial charge in [0.15, 0.2) is 6.61 Å². The predicted octanol–water partition coefficient (Wildman–Crippen LogP) is 3.44. The van der Waals surface area contributed by atoms with E-state index in [1.54, 1.807) is 41.5 Å². The molecule has 4 rings (SSSR count). The molecule has 2 aromatic carbocycles. The number of nitrogens with zero attached hydrogens (tertiary/aromatic N) is 1. The summed E-state index contributed by atoms with van der Waals surface area (Å²) >= 11 is 0. The van der Waals surface area contributed by atoms with Crippen molar-refractivity contribution >= 4 is 17.5 Å². The third kappa shape index (κ3) is 3.76. The Morgan fingerprint density at radius 3 is 2.71 bits per heavy atom. The Hall–Kier alpha value is -3.54. The predicted molar refractivity (Wildman–Crippen MR) is 104 cm³/mol. The molecule has 142 valence electrons. The van der Waals surface area contributed by atoms with Crippen molar-refractivity contribution < 1.29 is 18.7 Å². The number of aryl methyl sites for hydroxylation is 1. The standard InChI is InChI=1S/C22H20N2O4/c1-15-4-6-16(7-5-15)13-24-19-11-17(8-9-20(19)28-14-21(24)25)22(26)23-12-18-3-2-10-27-18/h2-11H,12-14H2,1H3,(H,23,26). The van der Waals surface area contributed by atoms with E-state index in [0.29, 0.717) is 35.9 Å². The number of carbonyl (C=O) groups excluding carboxylic acids is 2. The number of carbonyl (C=O) groups is 2. The van der Waals surface area contributed by atoms with Gasteiger partial charge in [0, 0.05) is 5.56 Å². The Balaban J connectivity index is 1.56. The number of benzene rings is 2. The van der Waals surface area contributed by atoms with Crippen molar-refractivity contribution in [2.45, 2.75) is 20.0 Å². The van der Waals surface area contributed by atoms with E-state index in [4.69, 9.17) is 9.15 Å². The molecule has 0 fully saturated rings. The molecule has 2 heterocycles. The molecule has 1 aliphatic rings. The fraction of sp³-hybridized carbons (Fsp3) is 0.182. The second kappa shape index (κ2) is 7.60. The number of furan rings is 1. The lowest BCUT2D eigenvalue weighted by molar-refractivity contribution is -0.121. The fourth-order valence-electron chi connectivity index (χ4n) is 3.08. The minimum absolute atomic E-state index is 0.0110. The molecule has 0 spiro atoms. The van der Waals surface area contributed by atoms with E-state index in [9.17, 15) is 9.59 Å². The third-order valence-electron chi connectivity index (χ3n) is 4.63. The largest absolute Gasteiger partial charge is 0.482 e. The highest BCUT2D eigenvalue weighted by molar-refractivity contribution is 6.01. The summed E-state index contributed by atoms with van der Waals surface area (Å²) in [6, 6.07) is 16.7. The molecule has 0 unspecified atom stereocenters. The molecule has 1 aromatic heterocycles. The highest BCUT2D eigenvalue weighted by Crippen LogP contribution is 2.34. The summed E-state index contributed by atoms with van der Waals surface area (Å²) in [5.41, 5.74) is 3.23. The molecule has 1 aliphatic heterocycles. The van der Waals surface area contributed by atoms with Gasteiger partial charge in [-0.1, -0.05) is 29.8 Å². The molecule has 28 heavy (non-hydrogen) atoms. The van der Waals surface area contributed by atoms with Crippen LogP contribution in [-0.4, -0.2) is 18.4 Å². The molecule has 6 heteroatoms. The van der Waals surface area contributed by atoms with Crippen LogP contribution in [0, 0.1) is 6.92 Å². The number of amides is 2. The summed E-state index contributed by atoms with van der Waals surface area (Å²) in [5, 5.41) is 2.81. The molecule has 0 atom stereocenters. The van der Waals surface area contributed by atoms with E-state index < -0.39 is 0 Å². The summed E-state index contributed by atoms with van der Waals surface area (Å²) in [6.07, 6.45) is 1.56. The molecule has 6 nitrogen and oxygen atoms in total. The average molecular weight is 376 g/mol. The van der Waals surface area contributed by atoms with Crippen LogP contribution in [0.2, 0.25) is 0 Å². The molecular weight excluding hydrogens is 356 g/mol. The Morgan fingerprint density at radius 1 is 1.14 bits per heavy atom. The van der Waals surface area contributed by atoms with Crippen molar-refractivity contribution in [3.05, 3.63) is 83.3 Å². The zero-order valence-electron chi connectivity index (χ0n) is 15.5. The topological polar surface area (TPSA) is 71.8 Å². The van der Waals surface area contributed by atoms with Gasteiger partial charge in [-0.2, -0.15) is 0 Å². The van der Waals surface area contributed by atoms with Crippen molar-refractivity contribution in [2.24, 2.45) is 0 Å². The maximum Gasteiger partial charge on any atom is 0.265 e. The van der Waals surface area contributed by atoms with Crippen LogP contribution in [0.5, 0.6) is 5.75 Å². The molecular formula is C22H20N2O4. The van der Waals surface area contributed by atoms with Gasteiger partial charge in [0.2, 0.25) is 0 Å². The van der Waals surface area contributed by atoms with Crippen molar-refractivity contribution in [2.75, 3.05) is 11.5 Å². The van der Waals surface area contributed by atoms with Crippen LogP contribution in [0.25, 0.3) is 0 Å². The van der Waals surface area contributed by atoms with Crippen molar-refractivity contribution in [1.29, 1.82) is 0 Å². The Kier molecular flexibility index (Phi) is 4.85. The maximum atomic E-state index is 12.5. The first-order valence-electron chi connectivity index (χ1n) is 9.03. The Morgan fingerprint density at radius 2 is 1.96 bits per heavy atom. The lowest BCUT2D eigenvalue weighted by Gasteiger charge is -2.30. The lowest BCUT2D eigenvalue weighted by Crippen LogP contribution is -2.38. The molecule has 0 radical (unpaired) electrons. The molecule has 0 bridgehead atoms. The Labute approximate surface area is 162 Å². The van der Waals surface area contributed by atoms with Crippen LogP contribution in [0.1, 0.15) is 27.2 Å². The minimum Gasteiger partial charge on any atom is -0.482 e. The van der Waals surface area contributed by atoms with Crippen LogP contribution >= 0.6 is 0 Å². The fourth-order valence-corrected chi connectivity index (χ4v) is 3.08. The molecule has 0 saturated carbocycles. The molecule has 0 aliphatic carbocycles. The van der Waals surface area contributed by atoms with Gasteiger partial charge in [-0.05, 0) is 42.8 Å². The number of hydrogen-bond acceptors (Lipinski definition) is 4. The number of anilines is 1. The van der Waals surface area contributed by atoms with Crippen LogP contribution in [0.4, 0.5) is 5.69 Å². The smallest absolute Gasteiger partial charge is 0.265 e. The second-order valence-electron chi connectivity index (χ2n) is 6.70. The Bertz CT molecular complexity index is 994. The first-order chi connectivity index (χ1) is 13.6. The summed E-state index contributed by atoms with van der Waals surface area (Å²) in [4.78, 5) is 26.7. The van der Waals surface area contributed by atoms with Gasteiger partial charge < -0.3 is 19.4 Å². The number of ether oxygens (including phenoxy) is 1. The van der Waals surface area contributed by atoms with Gasteiger partial charge in [-0.25, -0.2) is 0 Å². The van der Waals surface area contributed by atoms with Crippen LogP contribution < -0.4 is 15.0 Å². The number of fused-ring (bicyclic) bond motifs is 1. The molecule has 1 N–H and O–H groups in total. The van der Waals surface area contributed by atoms with Crippen LogP contribution in [0.15, 0.2) is 65.3 Å². The normalized spacial score (nSPS) is 13.0. The first kappa shape index (κ1) is 17.9. The molecule has 2 amide bonds. The number of nitrogens with one attached hydrogen (secondary N) is 1. The van der Waals surface area contributed by atoms with Gasteiger partial charge in [0.1, 0.15) is 11.5 Å². The maximum absolute atomic E-state index is 12.5. The molecule has 0 saturated heterocycles. The summed E-state index contributed by atoms with van der Waals surface area (Å²) in [5.74, 6) is 0.883. The number of hydrogen-bond donors (Lipinski definition) is 1. The van der Waals surface area contributed by atoms with Crippen LogP contribution in [-0.2, 0) is 17.9 Å². The van der Waals surface area contributed by atoms with Crippen molar-refractivity contribution in [3.63, 3.8) is 0 Å². The van der Waals surface area contributed by atoms with E-state index in [1.807, 2.05) is 31.2 Å². The van der Waals surface area contributed by atoms with E-state index in [0.717, 1.165) is 11.1 Å². The SMILES string of the molecule is Cc1ccc(CN2C(=O)COc3ccc(C(=O)NCc4ccco4)cc32)cc1. The van der Waals surface area contributed by atoms with Gasteiger partial charge >= 0.3 is 0 Å². The zero-order chi connectivity index (χ0) is 19.5. The van der Waals surface area contributed by atoms with E-state index >= 15 is 0 Å². The summed E-state index contributed by atoms with van der Waals surface area (Å²) < 4.78 is 10.8. The van der Waals surface area contributed by atoms with Crippen LogP contribution in [0.3, 0.4) is 0 Å². The van der Waals surface area contributed by atoms with Gasteiger partial charge in [0.05, 0.1) is 25.0 Å². The summed E-state index contributed by atoms with van der Waals surface area (Å²) in [7, 11) is 0. The first-order valence-corrected chi connectivity index (χ1v) is 9.03. The van der Waals surface area contributed by atoms with E-state index in [-0.39, 0.29) is 18.4 Å². The molecule has 3 aromatic rings. The van der Waals surface area contributed by atoms with Crippen molar-refractivity contribution in [1.82, 2.24) is 5.32 Å². The zero-order valence-corrected chi connectivity index (χ0v) is 15.5. The van der Waals surface area contributed by atoms with Gasteiger partial charge in [-0.15, -0.1) is 0 Å². The van der Waals surface area contributed by atoms with Crippen molar-refractivity contribution in [3.8, 4) is 5.75 Å². The monoisotopic (exact) mass is 376 g/mol. The highest BCUT2D eigenvalue weighted by Gasteiger charge is 2.26. The minimum atomic E-state index is -0.243. The highest BCUT2D eigenvalue weighted by atomic mass is 16.5. The average Bonchev–Trinajstić information content (AvgIpc) is 3.23. The van der Waals surface area contributed by atoms with E-state index in [1.165, 1.54) is 0 Å². The van der Waals surface area contributed by atoms with Gasteiger partial charge in [0.25, 0.3) is 11.8 Å². The second-order valence-corrected chi connectivity index (χ2v) is 6.70.